The van der Waals surface area contributed by atoms with Gasteiger partial charge < -0.3 is 16.3 Å². The van der Waals surface area contributed by atoms with Gasteiger partial charge >= 0.3 is 17.8 Å². The second-order valence-electron chi connectivity index (χ2n) is 5.79. The summed E-state index contributed by atoms with van der Waals surface area (Å²) in [7, 11) is -3.40. The summed E-state index contributed by atoms with van der Waals surface area (Å²) in [5, 5.41) is 16.4. The minimum absolute atomic E-state index is 0.128. The molecule has 2 aromatic rings. The quantitative estimate of drug-likeness (QED) is 0.580. The van der Waals surface area contributed by atoms with Crippen molar-refractivity contribution in [2.75, 3.05) is 11.5 Å². The smallest absolute Gasteiger partial charge is 0.417 e. The third-order valence-electron chi connectivity index (χ3n) is 3.73. The van der Waals surface area contributed by atoms with Crippen LogP contribution in [-0.4, -0.2) is 26.1 Å². The Bertz CT molecular complexity index is 1020. The largest absolute Gasteiger partial charge is 0.618 e. The van der Waals surface area contributed by atoms with Crippen molar-refractivity contribution in [2.45, 2.75) is 12.2 Å². The monoisotopic (exact) mass is 419 g/mol. The van der Waals surface area contributed by atoms with E-state index in [1.807, 2.05) is 0 Å². The number of sulfone groups is 1. The van der Waals surface area contributed by atoms with Crippen molar-refractivity contribution in [3.63, 3.8) is 0 Å². The van der Waals surface area contributed by atoms with E-state index in [2.05, 4.69) is 5.32 Å². The average molecular weight is 419 g/mol. The molecule has 0 saturated carbocycles. The Hall–Kier alpha value is -2.60. The van der Waals surface area contributed by atoms with Crippen molar-refractivity contribution >= 4 is 32.8 Å². The fourth-order valence-corrected chi connectivity index (χ4v) is 4.63. The highest BCUT2D eigenvalue weighted by Crippen LogP contribution is 2.36. The van der Waals surface area contributed by atoms with Gasteiger partial charge in [0.15, 0.2) is 16.0 Å². The highest BCUT2D eigenvalue weighted by molar-refractivity contribution is 7.94. The molecule has 27 heavy (non-hydrogen) atoms. The molecular formula is C15H12F3N3O4S2. The van der Waals surface area contributed by atoms with Gasteiger partial charge in [-0.2, -0.15) is 17.9 Å². The summed E-state index contributed by atoms with van der Waals surface area (Å²) in [6.45, 7) is 0. The van der Waals surface area contributed by atoms with Gasteiger partial charge in [0, 0.05) is 15.7 Å². The minimum Gasteiger partial charge on any atom is -0.618 e. The number of carbonyl (C=O) groups is 1. The van der Waals surface area contributed by atoms with Gasteiger partial charge in [0.05, 0.1) is 22.9 Å². The SMILES string of the molecule is Nc1cc(-c2cc(C(F)(F)F)cs2)c[n+]([O-])c1C(=O)N[C@@H]1C=CS(=O)(=O)C1. The number of aromatic nitrogens is 1. The van der Waals surface area contributed by atoms with Crippen molar-refractivity contribution in [1.29, 1.82) is 0 Å². The van der Waals surface area contributed by atoms with Gasteiger partial charge in [0.1, 0.15) is 5.69 Å². The molecule has 0 spiro atoms. The van der Waals surface area contributed by atoms with Crippen LogP contribution in [0.15, 0.2) is 35.2 Å². The number of thiophene rings is 1. The topological polar surface area (TPSA) is 116 Å². The molecule has 0 bridgehead atoms. The maximum absolute atomic E-state index is 12.7. The zero-order valence-corrected chi connectivity index (χ0v) is 15.0. The Balaban J connectivity index is 1.86. The van der Waals surface area contributed by atoms with Crippen molar-refractivity contribution in [2.24, 2.45) is 0 Å². The van der Waals surface area contributed by atoms with E-state index in [-0.39, 0.29) is 26.6 Å². The summed E-state index contributed by atoms with van der Waals surface area (Å²) in [6, 6.07) is 1.30. The number of nitrogens with zero attached hydrogens (tertiary/aromatic N) is 1. The molecular weight excluding hydrogens is 407 g/mol. The van der Waals surface area contributed by atoms with Gasteiger partial charge in [-0.15, -0.1) is 11.3 Å². The number of rotatable bonds is 3. The van der Waals surface area contributed by atoms with E-state index in [1.54, 1.807) is 0 Å². The molecule has 1 aliphatic rings. The normalized spacial score (nSPS) is 18.6. The van der Waals surface area contributed by atoms with Gasteiger partial charge in [-0.05, 0) is 18.2 Å². The molecule has 1 atom stereocenters. The predicted octanol–water partition coefficient (Wildman–Crippen LogP) is 1.69. The number of nitrogens with two attached hydrogens (primary N) is 1. The molecule has 0 saturated heterocycles. The number of nitrogens with one attached hydrogen (secondary N) is 1. The molecule has 1 aliphatic heterocycles. The van der Waals surface area contributed by atoms with E-state index in [0.29, 0.717) is 0 Å². The molecule has 3 heterocycles. The Kier molecular flexibility index (Phi) is 4.64. The molecule has 0 radical (unpaired) electrons. The maximum Gasteiger partial charge on any atom is 0.417 e. The van der Waals surface area contributed by atoms with E-state index in [4.69, 9.17) is 5.73 Å². The number of nitrogen functional groups attached to an aromatic ring is 1. The molecule has 7 nitrogen and oxygen atoms in total. The second-order valence-corrected chi connectivity index (χ2v) is 8.64. The summed E-state index contributed by atoms with van der Waals surface area (Å²) in [5.41, 5.74) is 4.31. The number of halogens is 3. The third-order valence-corrected chi connectivity index (χ3v) is 6.11. The Morgan fingerprint density at radius 2 is 2.07 bits per heavy atom. The Morgan fingerprint density at radius 3 is 2.59 bits per heavy atom. The second kappa shape index (κ2) is 6.53. The first kappa shape index (κ1) is 19.2. The standard InChI is InChI=1S/C15H12F3N3O4S2/c16-15(17,18)9-4-12(26-6-9)8-3-11(19)13(21(23)5-8)14(22)20-10-1-2-27(24,25)7-10/h1-6,10H,7,19H2,(H,20,22)/t10-/m1/s1. The van der Waals surface area contributed by atoms with Crippen LogP contribution in [0.3, 0.4) is 0 Å². The lowest BCUT2D eigenvalue weighted by Gasteiger charge is -2.12. The third kappa shape index (κ3) is 4.06. The van der Waals surface area contributed by atoms with Crippen LogP contribution in [-0.2, 0) is 16.0 Å². The van der Waals surface area contributed by atoms with Crippen LogP contribution in [0.2, 0.25) is 0 Å². The first-order valence-electron chi connectivity index (χ1n) is 7.37. The van der Waals surface area contributed by atoms with Crippen LogP contribution in [0.4, 0.5) is 18.9 Å². The molecule has 144 valence electrons. The maximum atomic E-state index is 12.7. The lowest BCUT2D eigenvalue weighted by Crippen LogP contribution is -2.44. The van der Waals surface area contributed by atoms with Crippen molar-refractivity contribution in [3.8, 4) is 10.4 Å². The number of pyridine rings is 1. The van der Waals surface area contributed by atoms with Gasteiger partial charge in [0.2, 0.25) is 0 Å². The van der Waals surface area contributed by atoms with Gasteiger partial charge in [-0.3, -0.25) is 4.79 Å². The molecule has 3 rings (SSSR count). The van der Waals surface area contributed by atoms with E-state index < -0.39 is 39.2 Å². The van der Waals surface area contributed by atoms with Crippen molar-refractivity contribution in [3.05, 3.63) is 51.7 Å². The Morgan fingerprint density at radius 1 is 1.37 bits per heavy atom. The van der Waals surface area contributed by atoms with Crippen LogP contribution in [0.25, 0.3) is 10.4 Å². The lowest BCUT2D eigenvalue weighted by molar-refractivity contribution is -0.606. The summed E-state index contributed by atoms with van der Waals surface area (Å²) in [6.07, 6.45) is -2.29. The van der Waals surface area contributed by atoms with E-state index >= 15 is 0 Å². The molecule has 0 fully saturated rings. The fraction of sp³-hybridized carbons (Fsp3) is 0.200. The number of anilines is 1. The van der Waals surface area contributed by atoms with E-state index in [1.165, 1.54) is 12.1 Å². The summed E-state index contributed by atoms with van der Waals surface area (Å²) >= 11 is 0.783. The lowest BCUT2D eigenvalue weighted by atomic mass is 10.1. The number of amides is 1. The fourth-order valence-electron chi connectivity index (χ4n) is 2.50. The minimum atomic E-state index is -4.51. The van der Waals surface area contributed by atoms with Crippen LogP contribution >= 0.6 is 11.3 Å². The highest BCUT2D eigenvalue weighted by Gasteiger charge is 2.32. The van der Waals surface area contributed by atoms with Gasteiger partial charge in [-0.25, -0.2) is 8.42 Å². The summed E-state index contributed by atoms with van der Waals surface area (Å²) in [4.78, 5) is 12.4. The highest BCUT2D eigenvalue weighted by atomic mass is 32.2. The number of alkyl halides is 3. The molecule has 12 heteroatoms. The van der Waals surface area contributed by atoms with Crippen LogP contribution in [0.5, 0.6) is 0 Å². The van der Waals surface area contributed by atoms with Crippen LogP contribution in [0.1, 0.15) is 16.1 Å². The molecule has 3 N–H and O–H groups in total. The first-order valence-corrected chi connectivity index (χ1v) is 9.96. The van der Waals surface area contributed by atoms with Crippen LogP contribution in [0, 0.1) is 5.21 Å². The summed E-state index contributed by atoms with van der Waals surface area (Å²) < 4.78 is 61.0. The van der Waals surface area contributed by atoms with E-state index in [0.717, 1.165) is 34.4 Å². The van der Waals surface area contributed by atoms with Gasteiger partial charge in [-0.1, -0.05) is 0 Å². The predicted molar refractivity (Wildman–Crippen MR) is 92.3 cm³/mol. The molecule has 0 unspecified atom stereocenters. The molecule has 0 aliphatic carbocycles. The van der Waals surface area contributed by atoms with Crippen molar-refractivity contribution < 1.29 is 31.1 Å². The van der Waals surface area contributed by atoms with Crippen molar-refractivity contribution in [1.82, 2.24) is 5.32 Å². The molecule has 0 aromatic carbocycles. The summed E-state index contributed by atoms with van der Waals surface area (Å²) in [5.74, 6) is -1.21. The first-order chi connectivity index (χ1) is 12.5. The molecule has 1 amide bonds. The molecule has 2 aromatic heterocycles. The number of hydrogen-bond acceptors (Lipinski definition) is 6. The van der Waals surface area contributed by atoms with Gasteiger partial charge in [0.25, 0.3) is 0 Å². The number of carbonyl (C=O) groups excluding carboxylic acids is 1. The zero-order chi connectivity index (χ0) is 20.0. The zero-order valence-electron chi connectivity index (χ0n) is 13.4. The average Bonchev–Trinajstić information content (AvgIpc) is 3.13. The van der Waals surface area contributed by atoms with Crippen LogP contribution < -0.4 is 15.8 Å². The number of hydrogen-bond donors (Lipinski definition) is 2. The van der Waals surface area contributed by atoms with E-state index in [9.17, 15) is 31.6 Å². The Labute approximate surface area is 155 Å².